The van der Waals surface area contributed by atoms with Crippen LogP contribution in [0.1, 0.15) is 25.7 Å². The highest BCUT2D eigenvalue weighted by Crippen LogP contribution is 2.34. The summed E-state index contributed by atoms with van der Waals surface area (Å²) in [7, 11) is 1.71. The molecule has 0 amide bonds. The minimum absolute atomic E-state index is 0.279. The summed E-state index contributed by atoms with van der Waals surface area (Å²) in [6.45, 7) is 1.68. The number of rotatable bonds is 9. The molecular weight excluding hydrogens is 254 g/mol. The van der Waals surface area contributed by atoms with Gasteiger partial charge < -0.3 is 10.1 Å². The van der Waals surface area contributed by atoms with E-state index >= 15 is 0 Å². The fraction of sp³-hybridized carbons (Fsp3) is 1.00. The van der Waals surface area contributed by atoms with Crippen LogP contribution in [0.25, 0.3) is 0 Å². The maximum atomic E-state index is 12.0. The zero-order valence-corrected chi connectivity index (χ0v) is 12.3. The van der Waals surface area contributed by atoms with Crippen molar-refractivity contribution in [2.45, 2.75) is 31.3 Å². The van der Waals surface area contributed by atoms with Gasteiger partial charge in [0.2, 0.25) is 0 Å². The van der Waals surface area contributed by atoms with Gasteiger partial charge in [0.15, 0.2) is 0 Å². The fourth-order valence-electron chi connectivity index (χ4n) is 1.96. The highest BCUT2D eigenvalue weighted by Gasteiger charge is 2.38. The zero-order chi connectivity index (χ0) is 13.6. The summed E-state index contributed by atoms with van der Waals surface area (Å²) in [4.78, 5) is 0. The third-order valence-electron chi connectivity index (χ3n) is 3.58. The molecule has 0 bridgehead atoms. The van der Waals surface area contributed by atoms with Gasteiger partial charge in [0, 0.05) is 27.2 Å². The minimum Gasteiger partial charge on any atom is -0.377 e. The topological polar surface area (TPSA) is 70.7 Å². The molecule has 0 unspecified atom stereocenters. The monoisotopic (exact) mass is 279 g/mol. The Balaban J connectivity index is 2.38. The fourth-order valence-corrected chi connectivity index (χ4v) is 2.99. The van der Waals surface area contributed by atoms with Gasteiger partial charge in [-0.1, -0.05) is 0 Å². The van der Waals surface area contributed by atoms with Gasteiger partial charge in [0.1, 0.15) is 0 Å². The Morgan fingerprint density at radius 2 is 2.06 bits per heavy atom. The van der Waals surface area contributed by atoms with Crippen LogP contribution in [0.5, 0.6) is 0 Å². The summed E-state index contributed by atoms with van der Waals surface area (Å²) < 4.78 is 33.3. The first-order chi connectivity index (χ1) is 8.46. The molecule has 1 saturated carbocycles. The van der Waals surface area contributed by atoms with E-state index < -0.39 is 10.2 Å². The predicted molar refractivity (Wildman–Crippen MR) is 71.7 cm³/mol. The average Bonchev–Trinajstić information content (AvgIpc) is 2.28. The summed E-state index contributed by atoms with van der Waals surface area (Å²) in [5.74, 6) is 0. The number of ether oxygens (including phenoxy) is 1. The van der Waals surface area contributed by atoms with Gasteiger partial charge in [-0.25, -0.2) is 0 Å². The van der Waals surface area contributed by atoms with Crippen LogP contribution in [-0.2, 0) is 14.9 Å². The highest BCUT2D eigenvalue weighted by atomic mass is 32.2. The Bertz CT molecular complexity index is 336. The minimum atomic E-state index is -3.38. The first-order valence-corrected chi connectivity index (χ1v) is 7.80. The van der Waals surface area contributed by atoms with E-state index in [1.54, 1.807) is 14.2 Å². The second-order valence-electron chi connectivity index (χ2n) is 4.85. The van der Waals surface area contributed by atoms with Crippen molar-refractivity contribution in [3.05, 3.63) is 0 Å². The van der Waals surface area contributed by atoms with E-state index in [1.165, 1.54) is 4.31 Å². The average molecular weight is 279 g/mol. The van der Waals surface area contributed by atoms with Gasteiger partial charge in [0.25, 0.3) is 10.2 Å². The van der Waals surface area contributed by atoms with Crippen LogP contribution in [0.3, 0.4) is 0 Å². The normalized spacial score (nSPS) is 18.9. The lowest BCUT2D eigenvalue weighted by atomic mass is 9.80. The molecule has 0 aromatic rings. The van der Waals surface area contributed by atoms with Gasteiger partial charge in [0.05, 0.1) is 5.60 Å². The van der Waals surface area contributed by atoms with Gasteiger partial charge in [-0.3, -0.25) is 0 Å². The van der Waals surface area contributed by atoms with Crippen LogP contribution in [-0.4, -0.2) is 59.2 Å². The number of hydrogen-bond donors (Lipinski definition) is 2. The molecule has 1 aliphatic rings. The van der Waals surface area contributed by atoms with E-state index in [2.05, 4.69) is 10.0 Å². The Kier molecular flexibility index (Phi) is 6.00. The molecule has 108 valence electrons. The molecule has 6 nitrogen and oxygen atoms in total. The molecular formula is C11H25N3O3S. The van der Waals surface area contributed by atoms with Crippen molar-refractivity contribution in [1.82, 2.24) is 14.3 Å². The smallest absolute Gasteiger partial charge is 0.279 e. The van der Waals surface area contributed by atoms with Crippen molar-refractivity contribution < 1.29 is 13.2 Å². The van der Waals surface area contributed by atoms with Crippen molar-refractivity contribution >= 4 is 10.2 Å². The largest absolute Gasteiger partial charge is 0.377 e. The van der Waals surface area contributed by atoms with Crippen LogP contribution in [0.4, 0.5) is 0 Å². The number of nitrogens with one attached hydrogen (secondary N) is 2. The number of methoxy groups -OCH3 is 1. The zero-order valence-electron chi connectivity index (χ0n) is 11.5. The summed E-state index contributed by atoms with van der Waals surface area (Å²) >= 11 is 0. The lowest BCUT2D eigenvalue weighted by molar-refractivity contribution is -0.0661. The van der Waals surface area contributed by atoms with E-state index in [1.807, 2.05) is 7.05 Å². The molecule has 1 rings (SSSR count). The first kappa shape index (κ1) is 15.8. The van der Waals surface area contributed by atoms with Crippen LogP contribution in [0.15, 0.2) is 0 Å². The second-order valence-corrected chi connectivity index (χ2v) is 6.71. The van der Waals surface area contributed by atoms with Crippen molar-refractivity contribution in [2.24, 2.45) is 0 Å². The molecule has 0 heterocycles. The molecule has 0 spiro atoms. The first-order valence-electron chi connectivity index (χ1n) is 6.36. The van der Waals surface area contributed by atoms with Gasteiger partial charge >= 0.3 is 0 Å². The lowest BCUT2D eigenvalue weighted by Crippen LogP contribution is -2.51. The summed E-state index contributed by atoms with van der Waals surface area (Å²) in [6.07, 6.45) is 3.75. The standard InChI is InChI=1S/C11H25N3O3S/c1-12-8-5-9-14(2)18(15,16)13-10-11(17-3)6-4-7-11/h12-13H,4-10H2,1-3H3. The van der Waals surface area contributed by atoms with E-state index in [4.69, 9.17) is 4.74 Å². The van der Waals surface area contributed by atoms with Gasteiger partial charge in [-0.2, -0.15) is 17.4 Å². The maximum absolute atomic E-state index is 12.0. The molecule has 0 aliphatic heterocycles. The summed E-state index contributed by atoms with van der Waals surface area (Å²) in [6, 6.07) is 0. The molecule has 0 atom stereocenters. The van der Waals surface area contributed by atoms with Crippen molar-refractivity contribution in [3.63, 3.8) is 0 Å². The molecule has 2 N–H and O–H groups in total. The molecule has 0 aromatic heterocycles. The Morgan fingerprint density at radius 1 is 1.39 bits per heavy atom. The third-order valence-corrected chi connectivity index (χ3v) is 5.10. The van der Waals surface area contributed by atoms with Crippen LogP contribution in [0, 0.1) is 0 Å². The summed E-state index contributed by atoms with van der Waals surface area (Å²) in [5, 5.41) is 3.00. The SMILES string of the molecule is CNCCCN(C)S(=O)(=O)NCC1(OC)CCC1. The maximum Gasteiger partial charge on any atom is 0.279 e. The number of nitrogens with zero attached hydrogens (tertiary/aromatic N) is 1. The molecule has 0 saturated heterocycles. The van der Waals surface area contributed by atoms with E-state index in [0.717, 1.165) is 32.2 Å². The predicted octanol–water partition coefficient (Wildman–Crippen LogP) is -0.0688. The molecule has 0 radical (unpaired) electrons. The quantitative estimate of drug-likeness (QED) is 0.580. The molecule has 1 aliphatic carbocycles. The van der Waals surface area contributed by atoms with E-state index in [0.29, 0.717) is 13.1 Å². The molecule has 0 aromatic carbocycles. The Hall–Kier alpha value is -0.210. The highest BCUT2D eigenvalue weighted by molar-refractivity contribution is 7.87. The van der Waals surface area contributed by atoms with E-state index in [-0.39, 0.29) is 5.60 Å². The summed E-state index contributed by atoms with van der Waals surface area (Å²) in [5.41, 5.74) is -0.279. The Morgan fingerprint density at radius 3 is 2.50 bits per heavy atom. The van der Waals surface area contributed by atoms with Crippen molar-refractivity contribution in [1.29, 1.82) is 0 Å². The second kappa shape index (κ2) is 6.81. The third kappa shape index (κ3) is 4.17. The lowest BCUT2D eigenvalue weighted by Gasteiger charge is -2.40. The molecule has 1 fully saturated rings. The van der Waals surface area contributed by atoms with Crippen LogP contribution in [0.2, 0.25) is 0 Å². The van der Waals surface area contributed by atoms with Gasteiger partial charge in [-0.15, -0.1) is 0 Å². The van der Waals surface area contributed by atoms with Crippen LogP contribution >= 0.6 is 0 Å². The Labute approximate surface area is 110 Å². The number of hydrogen-bond acceptors (Lipinski definition) is 4. The van der Waals surface area contributed by atoms with Crippen molar-refractivity contribution in [3.8, 4) is 0 Å². The molecule has 7 heteroatoms. The molecule has 18 heavy (non-hydrogen) atoms. The van der Waals surface area contributed by atoms with Crippen LogP contribution < -0.4 is 10.0 Å². The van der Waals surface area contributed by atoms with Crippen molar-refractivity contribution in [2.75, 3.05) is 40.8 Å². The van der Waals surface area contributed by atoms with E-state index in [9.17, 15) is 8.42 Å². The van der Waals surface area contributed by atoms with Gasteiger partial charge in [-0.05, 0) is 39.3 Å².